The lowest BCUT2D eigenvalue weighted by atomic mass is 9.91. The summed E-state index contributed by atoms with van der Waals surface area (Å²) in [5.74, 6) is 1.01. The second-order valence-electron chi connectivity index (χ2n) is 9.20. The van der Waals surface area contributed by atoms with Gasteiger partial charge < -0.3 is 20.9 Å². The van der Waals surface area contributed by atoms with E-state index in [4.69, 9.17) is 10.5 Å². The molecule has 6 rings (SSSR count). The quantitative estimate of drug-likeness (QED) is 0.335. The molecule has 0 bridgehead atoms. The van der Waals surface area contributed by atoms with Crippen LogP contribution in [0.3, 0.4) is 0 Å². The Morgan fingerprint density at radius 3 is 2.92 bits per heavy atom. The molecule has 9 nitrogen and oxygen atoms in total. The minimum Gasteiger partial charge on any atom is -0.488 e. The average molecular weight is 488 g/mol. The van der Waals surface area contributed by atoms with E-state index in [0.29, 0.717) is 31.0 Å². The molecule has 0 unspecified atom stereocenters. The molecule has 1 aliphatic carbocycles. The summed E-state index contributed by atoms with van der Waals surface area (Å²) in [5, 5.41) is 23.1. The summed E-state index contributed by atoms with van der Waals surface area (Å²) in [6.45, 7) is 0.479. The van der Waals surface area contributed by atoms with Crippen LogP contribution in [0.5, 0.6) is 5.75 Å². The van der Waals surface area contributed by atoms with E-state index in [9.17, 15) is 9.50 Å². The molecule has 0 amide bonds. The van der Waals surface area contributed by atoms with Gasteiger partial charge in [0.2, 0.25) is 0 Å². The van der Waals surface area contributed by atoms with E-state index in [1.165, 1.54) is 18.5 Å². The number of aromatic nitrogens is 5. The number of fused-ring (bicyclic) bond motifs is 2. The van der Waals surface area contributed by atoms with Gasteiger partial charge in [0, 0.05) is 35.8 Å². The molecule has 1 aliphatic rings. The summed E-state index contributed by atoms with van der Waals surface area (Å²) in [6, 6.07) is 14.0. The first-order valence-corrected chi connectivity index (χ1v) is 11.9. The Balaban J connectivity index is 1.25. The zero-order chi connectivity index (χ0) is 24.6. The third-order valence-corrected chi connectivity index (χ3v) is 6.65. The smallest absolute Gasteiger partial charge is 0.162 e. The molecule has 0 radical (unpaired) electrons. The summed E-state index contributed by atoms with van der Waals surface area (Å²) in [5.41, 5.74) is 9.39. The zero-order valence-electron chi connectivity index (χ0n) is 19.5. The van der Waals surface area contributed by atoms with E-state index in [1.807, 2.05) is 41.2 Å². The van der Waals surface area contributed by atoms with E-state index < -0.39 is 6.10 Å². The number of aliphatic hydroxyl groups is 1. The number of hydrogen-bond acceptors (Lipinski definition) is 7. The van der Waals surface area contributed by atoms with E-state index >= 15 is 0 Å². The van der Waals surface area contributed by atoms with Crippen molar-refractivity contribution in [3.05, 3.63) is 78.6 Å². The summed E-state index contributed by atoms with van der Waals surface area (Å²) >= 11 is 0. The lowest BCUT2D eigenvalue weighted by Crippen LogP contribution is -2.43. The number of rotatable bonds is 6. The van der Waals surface area contributed by atoms with Gasteiger partial charge in [0.1, 0.15) is 23.8 Å². The Morgan fingerprint density at radius 1 is 1.14 bits per heavy atom. The van der Waals surface area contributed by atoms with Crippen LogP contribution >= 0.6 is 0 Å². The van der Waals surface area contributed by atoms with Crippen LogP contribution in [0.15, 0.2) is 67.3 Å². The number of aliphatic hydroxyl groups excluding tert-OH is 1. The van der Waals surface area contributed by atoms with Gasteiger partial charge in [-0.1, -0.05) is 12.1 Å². The van der Waals surface area contributed by atoms with Gasteiger partial charge in [-0.15, -0.1) is 0 Å². The Labute approximate surface area is 206 Å². The molecule has 4 N–H and O–H groups in total. The number of ether oxygens (including phenoxy) is 1. The third-order valence-electron chi connectivity index (χ3n) is 6.65. The van der Waals surface area contributed by atoms with E-state index in [1.54, 1.807) is 16.8 Å². The predicted octanol–water partition coefficient (Wildman–Crippen LogP) is 3.63. The van der Waals surface area contributed by atoms with Crippen LogP contribution in [0.2, 0.25) is 0 Å². The normalized spacial score (nSPS) is 20.1. The molecule has 0 saturated heterocycles. The van der Waals surface area contributed by atoms with Gasteiger partial charge in [0.05, 0.1) is 24.4 Å². The van der Waals surface area contributed by atoms with E-state index in [0.717, 1.165) is 34.1 Å². The minimum atomic E-state index is -0.482. The molecule has 184 valence electrons. The average Bonchev–Trinajstić information content (AvgIpc) is 3.46. The van der Waals surface area contributed by atoms with Crippen molar-refractivity contribution in [2.24, 2.45) is 5.73 Å². The van der Waals surface area contributed by atoms with Crippen molar-refractivity contribution in [3.63, 3.8) is 0 Å². The monoisotopic (exact) mass is 487 g/mol. The molecule has 0 aliphatic heterocycles. The highest BCUT2D eigenvalue weighted by molar-refractivity contribution is 5.86. The first kappa shape index (κ1) is 22.4. The van der Waals surface area contributed by atoms with Crippen LogP contribution in [0, 0.1) is 5.82 Å². The first-order chi connectivity index (χ1) is 17.5. The van der Waals surface area contributed by atoms with Crippen molar-refractivity contribution in [1.82, 2.24) is 24.4 Å². The van der Waals surface area contributed by atoms with Crippen LogP contribution in [-0.4, -0.2) is 47.7 Å². The molecule has 2 aromatic carbocycles. The van der Waals surface area contributed by atoms with Crippen molar-refractivity contribution in [2.45, 2.75) is 44.1 Å². The number of hydrogen-bond donors (Lipinski definition) is 3. The molecule has 1 saturated carbocycles. The topological polar surface area (TPSA) is 116 Å². The predicted molar refractivity (Wildman–Crippen MR) is 134 cm³/mol. The lowest BCUT2D eigenvalue weighted by molar-refractivity contribution is 0.0499. The fourth-order valence-electron chi connectivity index (χ4n) is 4.78. The van der Waals surface area contributed by atoms with Gasteiger partial charge >= 0.3 is 0 Å². The van der Waals surface area contributed by atoms with E-state index in [2.05, 4.69) is 20.5 Å². The summed E-state index contributed by atoms with van der Waals surface area (Å²) in [7, 11) is 0. The fraction of sp³-hybridized carbons (Fsp3) is 0.269. The standard InChI is InChI=1S/C26H26FN7O2/c27-18-3-1-2-16(10-18)14-34-22-6-4-19(11-17(22)13-30-34)32-26-25-24(8-9-33(25)31-15-29-26)36-20-5-7-23(35)21(28)12-20/h1-4,6,8-11,13,15,20-21,23,35H,5,7,12,14,28H2,(H,29,31,32)/t20-,21+,23+/m0/s1. The molecule has 1 fully saturated rings. The van der Waals surface area contributed by atoms with Gasteiger partial charge in [-0.25, -0.2) is 13.9 Å². The van der Waals surface area contributed by atoms with Gasteiger partial charge in [-0.3, -0.25) is 4.68 Å². The van der Waals surface area contributed by atoms with Crippen LogP contribution in [-0.2, 0) is 6.54 Å². The Morgan fingerprint density at radius 2 is 2.06 bits per heavy atom. The maximum absolute atomic E-state index is 13.6. The Hall–Kier alpha value is -4.02. The van der Waals surface area contributed by atoms with Crippen LogP contribution in [0.4, 0.5) is 15.9 Å². The zero-order valence-corrected chi connectivity index (χ0v) is 19.5. The SMILES string of the molecule is N[C@@H]1C[C@@H](Oc2ccn3ncnc(Nc4ccc5c(cnn5Cc5cccc(F)c5)c4)c23)CC[C@H]1O. The molecule has 10 heteroatoms. The fourth-order valence-corrected chi connectivity index (χ4v) is 4.78. The first-order valence-electron chi connectivity index (χ1n) is 11.9. The highest BCUT2D eigenvalue weighted by atomic mass is 19.1. The molecule has 36 heavy (non-hydrogen) atoms. The Kier molecular flexibility index (Phi) is 5.74. The van der Waals surface area contributed by atoms with Gasteiger partial charge in [0.25, 0.3) is 0 Å². The highest BCUT2D eigenvalue weighted by Crippen LogP contribution is 2.32. The third kappa shape index (κ3) is 4.36. The van der Waals surface area contributed by atoms with Crippen LogP contribution < -0.4 is 15.8 Å². The molecular weight excluding hydrogens is 461 g/mol. The van der Waals surface area contributed by atoms with Gasteiger partial charge in [-0.05, 0) is 48.7 Å². The maximum Gasteiger partial charge on any atom is 0.162 e. The number of nitrogens with zero attached hydrogens (tertiary/aromatic N) is 5. The molecule has 0 spiro atoms. The van der Waals surface area contributed by atoms with Gasteiger partial charge in [0.15, 0.2) is 11.6 Å². The molecule has 3 atom stereocenters. The summed E-state index contributed by atoms with van der Waals surface area (Å²) < 4.78 is 23.4. The minimum absolute atomic E-state index is 0.0806. The highest BCUT2D eigenvalue weighted by Gasteiger charge is 2.28. The Bertz CT molecular complexity index is 1530. The van der Waals surface area contributed by atoms with Crippen molar-refractivity contribution >= 4 is 27.9 Å². The molecule has 3 heterocycles. The number of nitrogens with two attached hydrogens (primary N) is 1. The summed E-state index contributed by atoms with van der Waals surface area (Å²) in [4.78, 5) is 4.46. The number of benzene rings is 2. The van der Waals surface area contributed by atoms with Crippen molar-refractivity contribution in [2.75, 3.05) is 5.32 Å². The number of anilines is 2. The maximum atomic E-state index is 13.6. The van der Waals surface area contributed by atoms with Gasteiger partial charge in [-0.2, -0.15) is 10.2 Å². The second-order valence-corrected chi connectivity index (χ2v) is 9.20. The molecule has 5 aromatic rings. The number of halogens is 1. The molecular formula is C26H26FN7O2. The van der Waals surface area contributed by atoms with Crippen LogP contribution in [0.25, 0.3) is 16.4 Å². The van der Waals surface area contributed by atoms with Crippen LogP contribution in [0.1, 0.15) is 24.8 Å². The largest absolute Gasteiger partial charge is 0.488 e. The van der Waals surface area contributed by atoms with Crippen molar-refractivity contribution in [1.29, 1.82) is 0 Å². The lowest BCUT2D eigenvalue weighted by Gasteiger charge is -2.31. The van der Waals surface area contributed by atoms with Crippen molar-refractivity contribution in [3.8, 4) is 5.75 Å². The number of nitrogens with one attached hydrogen (secondary N) is 1. The van der Waals surface area contributed by atoms with Crippen molar-refractivity contribution < 1.29 is 14.2 Å². The summed E-state index contributed by atoms with van der Waals surface area (Å²) in [6.07, 6.45) is 6.49. The molecule has 3 aromatic heterocycles. The second kappa shape index (κ2) is 9.21. The van der Waals surface area contributed by atoms with E-state index in [-0.39, 0.29) is 18.0 Å².